The van der Waals surface area contributed by atoms with Crippen LogP contribution in [0.3, 0.4) is 0 Å². The van der Waals surface area contributed by atoms with Crippen molar-refractivity contribution < 1.29 is 0 Å². The predicted molar refractivity (Wildman–Crippen MR) is 75.8 cm³/mol. The Morgan fingerprint density at radius 2 is 1.67 bits per heavy atom. The molecule has 3 heteroatoms. The molecule has 0 aromatic carbocycles. The highest BCUT2D eigenvalue weighted by molar-refractivity contribution is 4.89. The fraction of sp³-hybridized carbons (Fsp3) is 1.00. The highest BCUT2D eigenvalue weighted by Crippen LogP contribution is 2.28. The summed E-state index contributed by atoms with van der Waals surface area (Å²) >= 11 is 0. The second-order valence-corrected chi connectivity index (χ2v) is 6.70. The predicted octanol–water partition coefficient (Wildman–Crippen LogP) is 1.54. The summed E-state index contributed by atoms with van der Waals surface area (Å²) in [6.45, 7) is 11.2. The molecule has 0 radical (unpaired) electrons. The lowest BCUT2D eigenvalue weighted by Crippen LogP contribution is -2.52. The molecular formula is C15H29N3. The van der Waals surface area contributed by atoms with Gasteiger partial charge in [0.1, 0.15) is 0 Å². The zero-order valence-electron chi connectivity index (χ0n) is 12.1. The average molecular weight is 251 g/mol. The molecule has 0 amide bonds. The van der Waals surface area contributed by atoms with E-state index >= 15 is 0 Å². The van der Waals surface area contributed by atoms with Gasteiger partial charge in [-0.3, -0.25) is 9.80 Å². The molecule has 1 N–H and O–H groups in total. The third-order valence-electron chi connectivity index (χ3n) is 5.12. The molecule has 1 aliphatic heterocycles. The largest absolute Gasteiger partial charge is 0.314 e. The second-order valence-electron chi connectivity index (χ2n) is 6.70. The first-order valence-electron chi connectivity index (χ1n) is 7.95. The van der Waals surface area contributed by atoms with Gasteiger partial charge < -0.3 is 5.32 Å². The Hall–Kier alpha value is -0.120. The average Bonchev–Trinajstić information content (AvgIpc) is 3.29. The van der Waals surface area contributed by atoms with Gasteiger partial charge in [-0.1, -0.05) is 6.92 Å². The number of rotatable bonds is 6. The van der Waals surface area contributed by atoms with Crippen molar-refractivity contribution in [3.05, 3.63) is 0 Å². The zero-order chi connectivity index (χ0) is 12.5. The van der Waals surface area contributed by atoms with Gasteiger partial charge >= 0.3 is 0 Å². The molecule has 3 rings (SSSR count). The summed E-state index contributed by atoms with van der Waals surface area (Å²) < 4.78 is 0. The summed E-state index contributed by atoms with van der Waals surface area (Å²) in [4.78, 5) is 5.41. The molecule has 18 heavy (non-hydrogen) atoms. The van der Waals surface area contributed by atoms with E-state index in [-0.39, 0.29) is 0 Å². The lowest BCUT2D eigenvalue weighted by Gasteiger charge is -2.40. The third-order valence-corrected chi connectivity index (χ3v) is 5.12. The monoisotopic (exact) mass is 251 g/mol. The highest BCUT2D eigenvalue weighted by Gasteiger charge is 2.33. The van der Waals surface area contributed by atoms with Crippen LogP contribution in [0.2, 0.25) is 0 Å². The van der Waals surface area contributed by atoms with Crippen LogP contribution in [0.1, 0.15) is 39.5 Å². The van der Waals surface area contributed by atoms with Crippen molar-refractivity contribution in [1.82, 2.24) is 15.1 Å². The van der Waals surface area contributed by atoms with Crippen molar-refractivity contribution in [2.45, 2.75) is 57.7 Å². The minimum Gasteiger partial charge on any atom is -0.314 e. The van der Waals surface area contributed by atoms with Gasteiger partial charge in [0.2, 0.25) is 0 Å². The number of hydrogen-bond acceptors (Lipinski definition) is 3. The lowest BCUT2D eigenvalue weighted by atomic mass is 10.0. The first kappa shape index (κ1) is 12.9. The van der Waals surface area contributed by atoms with E-state index in [0.717, 1.165) is 24.0 Å². The molecule has 1 saturated heterocycles. The molecule has 0 bridgehead atoms. The topological polar surface area (TPSA) is 18.5 Å². The Kier molecular flexibility index (Phi) is 3.92. The maximum atomic E-state index is 3.68. The minimum atomic E-state index is 0.734. The van der Waals surface area contributed by atoms with E-state index < -0.39 is 0 Å². The van der Waals surface area contributed by atoms with Crippen LogP contribution in [0.25, 0.3) is 0 Å². The second kappa shape index (κ2) is 5.48. The van der Waals surface area contributed by atoms with Crippen LogP contribution >= 0.6 is 0 Å². The number of hydrogen-bond donors (Lipinski definition) is 1. The molecule has 2 saturated carbocycles. The van der Waals surface area contributed by atoms with Crippen molar-refractivity contribution in [2.75, 3.05) is 32.7 Å². The van der Waals surface area contributed by atoms with E-state index in [1.165, 1.54) is 58.4 Å². The Morgan fingerprint density at radius 1 is 1.00 bits per heavy atom. The molecule has 0 spiro atoms. The quantitative estimate of drug-likeness (QED) is 0.772. The normalized spacial score (nSPS) is 30.3. The van der Waals surface area contributed by atoms with Crippen molar-refractivity contribution in [3.63, 3.8) is 0 Å². The summed E-state index contributed by atoms with van der Waals surface area (Å²) in [6, 6.07) is 2.54. The fourth-order valence-corrected chi connectivity index (χ4v) is 3.12. The SMILES string of the molecule is CC(CNC1CC1)C(C)N1CCN(C2CC2)CC1. The first-order valence-corrected chi connectivity index (χ1v) is 7.95. The minimum absolute atomic E-state index is 0.734. The number of nitrogens with one attached hydrogen (secondary N) is 1. The third kappa shape index (κ3) is 3.25. The van der Waals surface area contributed by atoms with Crippen LogP contribution in [0.5, 0.6) is 0 Å². The molecule has 2 unspecified atom stereocenters. The molecular weight excluding hydrogens is 222 g/mol. The van der Waals surface area contributed by atoms with Gasteiger partial charge in [-0.05, 0) is 45.1 Å². The van der Waals surface area contributed by atoms with Gasteiger partial charge in [-0.15, -0.1) is 0 Å². The van der Waals surface area contributed by atoms with Gasteiger partial charge in [-0.2, -0.15) is 0 Å². The molecule has 104 valence electrons. The van der Waals surface area contributed by atoms with Gasteiger partial charge in [0, 0.05) is 44.3 Å². The Morgan fingerprint density at radius 3 is 2.22 bits per heavy atom. The van der Waals surface area contributed by atoms with Gasteiger partial charge in [0.05, 0.1) is 0 Å². The van der Waals surface area contributed by atoms with Crippen LogP contribution < -0.4 is 5.32 Å². The number of piperazine rings is 1. The molecule has 0 aromatic rings. The van der Waals surface area contributed by atoms with E-state index in [2.05, 4.69) is 29.0 Å². The molecule has 3 aliphatic rings. The smallest absolute Gasteiger partial charge is 0.0113 e. The van der Waals surface area contributed by atoms with Crippen LogP contribution in [-0.2, 0) is 0 Å². The Bertz CT molecular complexity index is 265. The molecule has 3 nitrogen and oxygen atoms in total. The van der Waals surface area contributed by atoms with Crippen molar-refractivity contribution >= 4 is 0 Å². The summed E-state index contributed by atoms with van der Waals surface area (Å²) in [6.07, 6.45) is 5.72. The Labute approximate surface area is 112 Å². The van der Waals surface area contributed by atoms with Gasteiger partial charge in [-0.25, -0.2) is 0 Å². The molecule has 2 atom stereocenters. The summed E-state index contributed by atoms with van der Waals surface area (Å²) in [5, 5.41) is 3.68. The van der Waals surface area contributed by atoms with E-state index in [1.807, 2.05) is 0 Å². The standard InChI is InChI=1S/C15H29N3/c1-12(11-16-14-3-4-14)13(2)17-7-9-18(10-8-17)15-5-6-15/h12-16H,3-11H2,1-2H3. The molecule has 0 aromatic heterocycles. The van der Waals surface area contributed by atoms with Crippen molar-refractivity contribution in [2.24, 2.45) is 5.92 Å². The summed E-state index contributed by atoms with van der Waals surface area (Å²) in [5.41, 5.74) is 0. The first-order chi connectivity index (χ1) is 8.74. The molecule has 1 heterocycles. The summed E-state index contributed by atoms with van der Waals surface area (Å²) in [7, 11) is 0. The van der Waals surface area contributed by atoms with E-state index in [0.29, 0.717) is 0 Å². The lowest BCUT2D eigenvalue weighted by molar-refractivity contribution is 0.0765. The molecule has 2 aliphatic carbocycles. The van der Waals surface area contributed by atoms with Crippen molar-refractivity contribution in [1.29, 1.82) is 0 Å². The highest BCUT2D eigenvalue weighted by atomic mass is 15.3. The van der Waals surface area contributed by atoms with Crippen molar-refractivity contribution in [3.8, 4) is 0 Å². The number of nitrogens with zero attached hydrogens (tertiary/aromatic N) is 2. The summed E-state index contributed by atoms with van der Waals surface area (Å²) in [5.74, 6) is 0.776. The van der Waals surface area contributed by atoms with Crippen LogP contribution in [-0.4, -0.2) is 60.6 Å². The molecule has 3 fully saturated rings. The van der Waals surface area contributed by atoms with Crippen LogP contribution in [0, 0.1) is 5.92 Å². The van der Waals surface area contributed by atoms with Crippen LogP contribution in [0.4, 0.5) is 0 Å². The van der Waals surface area contributed by atoms with E-state index in [1.54, 1.807) is 0 Å². The van der Waals surface area contributed by atoms with Gasteiger partial charge in [0.15, 0.2) is 0 Å². The van der Waals surface area contributed by atoms with Gasteiger partial charge in [0.25, 0.3) is 0 Å². The maximum absolute atomic E-state index is 3.68. The van der Waals surface area contributed by atoms with E-state index in [9.17, 15) is 0 Å². The van der Waals surface area contributed by atoms with Crippen LogP contribution in [0.15, 0.2) is 0 Å². The fourth-order valence-electron chi connectivity index (χ4n) is 3.12. The Balaban J connectivity index is 1.39. The zero-order valence-corrected chi connectivity index (χ0v) is 12.1. The maximum Gasteiger partial charge on any atom is 0.0113 e. The van der Waals surface area contributed by atoms with E-state index in [4.69, 9.17) is 0 Å².